The molecule has 0 spiro atoms. The number of hydrogen-bond acceptors (Lipinski definition) is 3. The first-order valence-corrected chi connectivity index (χ1v) is 18.8. The van der Waals surface area contributed by atoms with Gasteiger partial charge >= 0.3 is 0 Å². The molecular weight excluding hydrogens is 667 g/mol. The third kappa shape index (κ3) is 4.73. The summed E-state index contributed by atoms with van der Waals surface area (Å²) >= 11 is 0. The van der Waals surface area contributed by atoms with E-state index in [1.807, 2.05) is 36.4 Å². The van der Waals surface area contributed by atoms with Crippen molar-refractivity contribution in [1.29, 1.82) is 0 Å². The first-order chi connectivity index (χ1) is 27.3. The third-order valence-electron chi connectivity index (χ3n) is 11.4. The van der Waals surface area contributed by atoms with Crippen LogP contribution in [-0.4, -0.2) is 15.0 Å². The van der Waals surface area contributed by atoms with Gasteiger partial charge in [-0.05, 0) is 71.8 Å². The molecule has 0 atom stereocenters. The number of rotatable bonds is 5. The highest BCUT2D eigenvalue weighted by Crippen LogP contribution is 2.60. The van der Waals surface area contributed by atoms with Crippen LogP contribution in [0, 0.1) is 0 Å². The fourth-order valence-electron chi connectivity index (χ4n) is 9.05. The Kier molecular flexibility index (Phi) is 7.08. The molecule has 1 heterocycles. The molecule has 0 radical (unpaired) electrons. The van der Waals surface area contributed by atoms with Gasteiger partial charge in [-0.25, -0.2) is 15.0 Å². The largest absolute Gasteiger partial charge is 0.208 e. The summed E-state index contributed by atoms with van der Waals surface area (Å²) in [5, 5.41) is 7.60. The SMILES string of the molecule is c1ccc(-c2nc(-c3ccccc3)nc(-c3ccc4c(c3)C(c3ccccc3)(c3ccccc3)c3c-4ccc4c5ccccc5c5ccccc5c34)n2)cc1. The minimum Gasteiger partial charge on any atom is -0.208 e. The Labute approximate surface area is 319 Å². The van der Waals surface area contributed by atoms with Gasteiger partial charge in [-0.3, -0.25) is 0 Å². The van der Waals surface area contributed by atoms with E-state index in [0.717, 1.165) is 16.7 Å². The minimum absolute atomic E-state index is 0.641. The monoisotopic (exact) mass is 699 g/mol. The van der Waals surface area contributed by atoms with Gasteiger partial charge in [0.05, 0.1) is 5.41 Å². The molecule has 55 heavy (non-hydrogen) atoms. The lowest BCUT2D eigenvalue weighted by atomic mass is 9.66. The summed E-state index contributed by atoms with van der Waals surface area (Å²) in [7, 11) is 0. The molecule has 9 aromatic carbocycles. The molecule has 3 nitrogen and oxygen atoms in total. The maximum Gasteiger partial charge on any atom is 0.164 e. The lowest BCUT2D eigenvalue weighted by Crippen LogP contribution is -2.29. The van der Waals surface area contributed by atoms with Crippen molar-refractivity contribution in [1.82, 2.24) is 15.0 Å². The summed E-state index contributed by atoms with van der Waals surface area (Å²) in [4.78, 5) is 15.3. The van der Waals surface area contributed by atoms with Crippen LogP contribution in [0.5, 0.6) is 0 Å². The van der Waals surface area contributed by atoms with E-state index in [9.17, 15) is 0 Å². The van der Waals surface area contributed by atoms with E-state index in [4.69, 9.17) is 15.0 Å². The molecule has 3 heteroatoms. The van der Waals surface area contributed by atoms with E-state index in [2.05, 4.69) is 164 Å². The zero-order valence-corrected chi connectivity index (χ0v) is 29.9. The number of nitrogens with zero attached hydrogens (tertiary/aromatic N) is 3. The molecule has 0 unspecified atom stereocenters. The van der Waals surface area contributed by atoms with Crippen LogP contribution in [0.1, 0.15) is 22.3 Å². The van der Waals surface area contributed by atoms with E-state index in [-0.39, 0.29) is 0 Å². The van der Waals surface area contributed by atoms with Crippen LogP contribution in [0.2, 0.25) is 0 Å². The number of aromatic nitrogens is 3. The van der Waals surface area contributed by atoms with Crippen molar-refractivity contribution in [3.63, 3.8) is 0 Å². The molecule has 1 aromatic heterocycles. The van der Waals surface area contributed by atoms with Crippen LogP contribution in [0.3, 0.4) is 0 Å². The number of hydrogen-bond donors (Lipinski definition) is 0. The van der Waals surface area contributed by atoms with Gasteiger partial charge in [-0.15, -0.1) is 0 Å². The van der Waals surface area contributed by atoms with Crippen LogP contribution >= 0.6 is 0 Å². The molecule has 1 aliphatic rings. The fourth-order valence-corrected chi connectivity index (χ4v) is 9.05. The van der Waals surface area contributed by atoms with Crippen molar-refractivity contribution < 1.29 is 0 Å². The van der Waals surface area contributed by atoms with Crippen molar-refractivity contribution in [2.24, 2.45) is 0 Å². The van der Waals surface area contributed by atoms with Gasteiger partial charge in [-0.2, -0.15) is 0 Å². The lowest BCUT2D eigenvalue weighted by Gasteiger charge is -2.35. The highest BCUT2D eigenvalue weighted by molar-refractivity contribution is 6.27. The molecule has 0 amide bonds. The first kappa shape index (κ1) is 31.3. The highest BCUT2D eigenvalue weighted by atomic mass is 15.0. The molecule has 11 rings (SSSR count). The Hall–Kier alpha value is -7.23. The van der Waals surface area contributed by atoms with Gasteiger partial charge < -0.3 is 0 Å². The Balaban J connectivity index is 1.27. The average molecular weight is 700 g/mol. The second kappa shape index (κ2) is 12.4. The van der Waals surface area contributed by atoms with Crippen LogP contribution in [0.25, 0.3) is 77.6 Å². The Morgan fingerprint density at radius 3 is 1.24 bits per heavy atom. The Bertz CT molecular complexity index is 2940. The van der Waals surface area contributed by atoms with Gasteiger partial charge in [0.1, 0.15) is 0 Å². The fraction of sp³-hybridized carbons (Fsp3) is 0.0192. The molecule has 0 saturated heterocycles. The third-order valence-corrected chi connectivity index (χ3v) is 11.4. The van der Waals surface area contributed by atoms with Crippen LogP contribution in [0.15, 0.2) is 200 Å². The zero-order chi connectivity index (χ0) is 36.3. The number of benzene rings is 9. The maximum atomic E-state index is 5.17. The maximum absolute atomic E-state index is 5.17. The van der Waals surface area contributed by atoms with E-state index < -0.39 is 5.41 Å². The summed E-state index contributed by atoms with van der Waals surface area (Å²) in [5.41, 5.74) is 9.61. The van der Waals surface area contributed by atoms with Crippen molar-refractivity contribution in [3.8, 4) is 45.3 Å². The molecule has 10 aromatic rings. The molecule has 256 valence electrons. The lowest BCUT2D eigenvalue weighted by molar-refractivity contribution is 0.776. The predicted molar refractivity (Wildman–Crippen MR) is 226 cm³/mol. The number of fused-ring (bicyclic) bond motifs is 10. The van der Waals surface area contributed by atoms with Gasteiger partial charge in [0.2, 0.25) is 0 Å². The van der Waals surface area contributed by atoms with Crippen molar-refractivity contribution in [2.45, 2.75) is 5.41 Å². The highest BCUT2D eigenvalue weighted by Gasteiger charge is 2.47. The molecular formula is C52H33N3. The van der Waals surface area contributed by atoms with Crippen LogP contribution in [-0.2, 0) is 5.41 Å². The molecule has 1 aliphatic carbocycles. The minimum atomic E-state index is -0.647. The summed E-state index contributed by atoms with van der Waals surface area (Å²) in [6.07, 6.45) is 0. The second-order valence-corrected chi connectivity index (χ2v) is 14.3. The summed E-state index contributed by atoms with van der Waals surface area (Å²) < 4.78 is 0. The van der Waals surface area contributed by atoms with Crippen molar-refractivity contribution in [2.75, 3.05) is 0 Å². The van der Waals surface area contributed by atoms with Gasteiger partial charge in [0.15, 0.2) is 17.5 Å². The van der Waals surface area contributed by atoms with Gasteiger partial charge in [0.25, 0.3) is 0 Å². The first-order valence-electron chi connectivity index (χ1n) is 18.8. The predicted octanol–water partition coefficient (Wildman–Crippen LogP) is 12.7. The summed E-state index contributed by atoms with van der Waals surface area (Å²) in [6, 6.07) is 71.8. The van der Waals surface area contributed by atoms with E-state index in [0.29, 0.717) is 17.5 Å². The van der Waals surface area contributed by atoms with E-state index >= 15 is 0 Å². The average Bonchev–Trinajstić information content (AvgIpc) is 3.58. The van der Waals surface area contributed by atoms with Gasteiger partial charge in [-0.1, -0.05) is 194 Å². The Morgan fingerprint density at radius 1 is 0.309 bits per heavy atom. The quantitative estimate of drug-likeness (QED) is 0.168. The standard InChI is InChI=1S/C52H33N3/c1-5-17-34(18-6-1)49-53-50(35-19-7-2-8-20-35)55-51(54-49)36-29-30-42-45-32-31-44-41-27-14-13-25-39(41)40-26-15-16-28-43(40)47(44)48(45)52(46(42)33-36,37-21-9-3-10-22-37)38-23-11-4-12-24-38/h1-33H. The Morgan fingerprint density at radius 2 is 0.709 bits per heavy atom. The van der Waals surface area contributed by atoms with Gasteiger partial charge in [0, 0.05) is 16.7 Å². The van der Waals surface area contributed by atoms with Crippen LogP contribution in [0.4, 0.5) is 0 Å². The van der Waals surface area contributed by atoms with E-state index in [1.54, 1.807) is 0 Å². The van der Waals surface area contributed by atoms with Crippen molar-refractivity contribution >= 4 is 32.3 Å². The second-order valence-electron chi connectivity index (χ2n) is 14.3. The smallest absolute Gasteiger partial charge is 0.164 e. The topological polar surface area (TPSA) is 38.7 Å². The summed E-state index contributed by atoms with van der Waals surface area (Å²) in [6.45, 7) is 0. The normalized spacial score (nSPS) is 12.9. The summed E-state index contributed by atoms with van der Waals surface area (Å²) in [5.74, 6) is 1.94. The molecule has 0 aliphatic heterocycles. The van der Waals surface area contributed by atoms with Crippen LogP contribution < -0.4 is 0 Å². The van der Waals surface area contributed by atoms with E-state index in [1.165, 1.54) is 65.7 Å². The zero-order valence-electron chi connectivity index (χ0n) is 29.9. The molecule has 0 bridgehead atoms. The molecule has 0 fully saturated rings. The molecule has 0 N–H and O–H groups in total. The van der Waals surface area contributed by atoms with Crippen molar-refractivity contribution in [3.05, 3.63) is 222 Å². The molecule has 0 saturated carbocycles.